The van der Waals surface area contributed by atoms with Crippen LogP contribution in [0, 0.1) is 11.7 Å². The Morgan fingerprint density at radius 2 is 2.35 bits per heavy atom. The Bertz CT molecular complexity index is 405. The van der Waals surface area contributed by atoms with Crippen LogP contribution in [0.5, 0.6) is 0 Å². The van der Waals surface area contributed by atoms with Crippen molar-refractivity contribution in [3.63, 3.8) is 0 Å². The quantitative estimate of drug-likeness (QED) is 0.835. The zero-order chi connectivity index (χ0) is 12.3. The van der Waals surface area contributed by atoms with E-state index in [4.69, 9.17) is 0 Å². The van der Waals surface area contributed by atoms with Crippen LogP contribution in [0.2, 0.25) is 0 Å². The van der Waals surface area contributed by atoms with Gasteiger partial charge < -0.3 is 5.32 Å². The predicted molar refractivity (Wildman–Crippen MR) is 65.2 cm³/mol. The number of halogens is 1. The molecule has 2 unspecified atom stereocenters. The van der Waals surface area contributed by atoms with Crippen molar-refractivity contribution in [2.24, 2.45) is 5.92 Å². The molecule has 1 saturated carbocycles. The third-order valence-electron chi connectivity index (χ3n) is 3.24. The number of benzene rings is 1. The van der Waals surface area contributed by atoms with Crippen LogP contribution in [0.25, 0.3) is 0 Å². The minimum Gasteiger partial charge on any atom is -0.356 e. The molecule has 0 bridgehead atoms. The van der Waals surface area contributed by atoms with Gasteiger partial charge in [-0.15, -0.1) is 0 Å². The number of rotatable bonds is 5. The van der Waals surface area contributed by atoms with Crippen LogP contribution < -0.4 is 5.32 Å². The molecule has 2 nitrogen and oxygen atoms in total. The average molecular weight is 235 g/mol. The summed E-state index contributed by atoms with van der Waals surface area (Å²) >= 11 is 0. The lowest BCUT2D eigenvalue weighted by Gasteiger charge is -2.04. The molecule has 0 saturated heterocycles. The molecule has 0 radical (unpaired) electrons. The van der Waals surface area contributed by atoms with E-state index in [1.54, 1.807) is 12.1 Å². The van der Waals surface area contributed by atoms with Crippen molar-refractivity contribution in [2.75, 3.05) is 6.54 Å². The van der Waals surface area contributed by atoms with Crippen LogP contribution in [0.4, 0.5) is 4.39 Å². The van der Waals surface area contributed by atoms with Gasteiger partial charge in [0.15, 0.2) is 0 Å². The van der Waals surface area contributed by atoms with Crippen molar-refractivity contribution in [2.45, 2.75) is 32.1 Å². The lowest BCUT2D eigenvalue weighted by atomic mass is 10.1. The van der Waals surface area contributed by atoms with Gasteiger partial charge in [0.25, 0.3) is 0 Å². The molecule has 17 heavy (non-hydrogen) atoms. The normalized spacial score (nSPS) is 22.2. The third-order valence-corrected chi connectivity index (χ3v) is 3.24. The Kier molecular flexibility index (Phi) is 3.77. The first-order valence-electron chi connectivity index (χ1n) is 6.23. The highest BCUT2D eigenvalue weighted by molar-refractivity contribution is 5.75. The Hall–Kier alpha value is -1.38. The molecule has 0 heterocycles. The second-order valence-electron chi connectivity index (χ2n) is 4.71. The third kappa shape index (κ3) is 3.29. The molecule has 1 aliphatic rings. The lowest BCUT2D eigenvalue weighted by molar-refractivity contribution is -0.121. The van der Waals surface area contributed by atoms with Gasteiger partial charge in [-0.1, -0.05) is 19.1 Å². The zero-order valence-corrected chi connectivity index (χ0v) is 10.1. The van der Waals surface area contributed by atoms with Gasteiger partial charge in [0.05, 0.1) is 0 Å². The highest BCUT2D eigenvalue weighted by Crippen LogP contribution is 2.46. The minimum absolute atomic E-state index is 0.123. The van der Waals surface area contributed by atoms with Gasteiger partial charge in [-0.25, -0.2) is 4.39 Å². The highest BCUT2D eigenvalue weighted by Gasteiger charge is 2.38. The summed E-state index contributed by atoms with van der Waals surface area (Å²) in [6.45, 7) is 2.71. The molecular formula is C14H18FNO. The summed E-state index contributed by atoms with van der Waals surface area (Å²) in [6, 6.07) is 6.76. The summed E-state index contributed by atoms with van der Waals surface area (Å²) in [5.74, 6) is 0.853. The van der Waals surface area contributed by atoms with Gasteiger partial charge in [-0.3, -0.25) is 4.79 Å². The molecule has 1 aromatic rings. The topological polar surface area (TPSA) is 29.1 Å². The van der Waals surface area contributed by atoms with Gasteiger partial charge >= 0.3 is 0 Å². The maximum atomic E-state index is 13.0. The Morgan fingerprint density at radius 3 is 3.06 bits per heavy atom. The summed E-state index contributed by atoms with van der Waals surface area (Å²) < 4.78 is 13.0. The van der Waals surface area contributed by atoms with E-state index < -0.39 is 0 Å². The SMILES string of the molecule is CCCC(=O)NCC1CC1c1cccc(F)c1. The fourth-order valence-electron chi connectivity index (χ4n) is 2.18. The van der Waals surface area contributed by atoms with Crippen molar-refractivity contribution < 1.29 is 9.18 Å². The van der Waals surface area contributed by atoms with Crippen LogP contribution in [-0.2, 0) is 4.79 Å². The molecule has 1 aliphatic carbocycles. The zero-order valence-electron chi connectivity index (χ0n) is 10.1. The summed E-state index contributed by atoms with van der Waals surface area (Å²) in [7, 11) is 0. The maximum absolute atomic E-state index is 13.0. The van der Waals surface area contributed by atoms with E-state index in [0.29, 0.717) is 18.3 Å². The van der Waals surface area contributed by atoms with Crippen molar-refractivity contribution >= 4 is 5.91 Å². The fourth-order valence-corrected chi connectivity index (χ4v) is 2.18. The van der Waals surface area contributed by atoms with Crippen molar-refractivity contribution in [1.82, 2.24) is 5.32 Å². The molecule has 0 aliphatic heterocycles. The van der Waals surface area contributed by atoms with E-state index in [9.17, 15) is 9.18 Å². The Labute approximate surface area is 101 Å². The number of hydrogen-bond acceptors (Lipinski definition) is 1. The van der Waals surface area contributed by atoms with E-state index in [2.05, 4.69) is 5.32 Å². The summed E-state index contributed by atoms with van der Waals surface area (Å²) in [4.78, 5) is 11.3. The molecule has 2 rings (SSSR count). The maximum Gasteiger partial charge on any atom is 0.219 e. The lowest BCUT2D eigenvalue weighted by Crippen LogP contribution is -2.25. The number of amides is 1. The van der Waals surface area contributed by atoms with Crippen molar-refractivity contribution in [3.8, 4) is 0 Å². The molecular weight excluding hydrogens is 217 g/mol. The Balaban J connectivity index is 1.79. The fraction of sp³-hybridized carbons (Fsp3) is 0.500. The monoisotopic (exact) mass is 235 g/mol. The number of carbonyl (C=O) groups excluding carboxylic acids is 1. The molecule has 0 spiro atoms. The van der Waals surface area contributed by atoms with Gasteiger partial charge in [-0.05, 0) is 42.4 Å². The van der Waals surface area contributed by atoms with Crippen LogP contribution in [0.1, 0.15) is 37.7 Å². The molecule has 1 aromatic carbocycles. The number of carbonyl (C=O) groups is 1. The van der Waals surface area contributed by atoms with Crippen LogP contribution in [0.3, 0.4) is 0 Å². The molecule has 1 N–H and O–H groups in total. The Morgan fingerprint density at radius 1 is 1.53 bits per heavy atom. The van der Waals surface area contributed by atoms with E-state index in [0.717, 1.165) is 24.9 Å². The standard InChI is InChI=1S/C14H18FNO/c1-2-4-14(17)16-9-11-8-13(11)10-5-3-6-12(15)7-10/h3,5-7,11,13H,2,4,8-9H2,1H3,(H,16,17). The molecule has 0 aromatic heterocycles. The summed E-state index contributed by atoms with van der Waals surface area (Å²) in [5, 5.41) is 2.93. The molecule has 3 heteroatoms. The molecule has 92 valence electrons. The second kappa shape index (κ2) is 5.30. The first kappa shape index (κ1) is 12.1. The first-order chi connectivity index (χ1) is 8.20. The summed E-state index contributed by atoms with van der Waals surface area (Å²) in [6.07, 6.45) is 2.52. The van der Waals surface area contributed by atoms with Gasteiger partial charge in [0.2, 0.25) is 5.91 Å². The van der Waals surface area contributed by atoms with E-state index >= 15 is 0 Å². The first-order valence-corrected chi connectivity index (χ1v) is 6.23. The second-order valence-corrected chi connectivity index (χ2v) is 4.71. The van der Waals surface area contributed by atoms with Gasteiger partial charge in [0.1, 0.15) is 5.82 Å². The van der Waals surface area contributed by atoms with E-state index in [1.165, 1.54) is 6.07 Å². The molecule has 1 amide bonds. The molecule has 1 fully saturated rings. The largest absolute Gasteiger partial charge is 0.356 e. The van der Waals surface area contributed by atoms with Crippen molar-refractivity contribution in [1.29, 1.82) is 0 Å². The van der Waals surface area contributed by atoms with E-state index in [1.807, 2.05) is 13.0 Å². The average Bonchev–Trinajstić information content (AvgIpc) is 3.06. The highest BCUT2D eigenvalue weighted by atomic mass is 19.1. The van der Waals surface area contributed by atoms with Crippen LogP contribution in [0.15, 0.2) is 24.3 Å². The van der Waals surface area contributed by atoms with E-state index in [-0.39, 0.29) is 11.7 Å². The number of hydrogen-bond donors (Lipinski definition) is 1. The van der Waals surface area contributed by atoms with Gasteiger partial charge in [0, 0.05) is 13.0 Å². The van der Waals surface area contributed by atoms with Crippen LogP contribution in [-0.4, -0.2) is 12.5 Å². The molecule has 2 atom stereocenters. The van der Waals surface area contributed by atoms with Gasteiger partial charge in [-0.2, -0.15) is 0 Å². The van der Waals surface area contributed by atoms with Crippen LogP contribution >= 0.6 is 0 Å². The minimum atomic E-state index is -0.178. The smallest absolute Gasteiger partial charge is 0.219 e. The summed E-state index contributed by atoms with van der Waals surface area (Å²) in [5.41, 5.74) is 1.06. The number of nitrogens with one attached hydrogen (secondary N) is 1. The predicted octanol–water partition coefficient (Wildman–Crippen LogP) is 2.85. The van der Waals surface area contributed by atoms with Crippen molar-refractivity contribution in [3.05, 3.63) is 35.6 Å².